The maximum atomic E-state index is 5.47. The summed E-state index contributed by atoms with van der Waals surface area (Å²) in [5.74, 6) is 2.54. The fourth-order valence-corrected chi connectivity index (χ4v) is 2.67. The van der Waals surface area contributed by atoms with Crippen LogP contribution in [-0.2, 0) is 10.2 Å². The predicted molar refractivity (Wildman–Crippen MR) is 64.0 cm³/mol. The van der Waals surface area contributed by atoms with Gasteiger partial charge in [0.2, 0.25) is 0 Å². The minimum atomic E-state index is 0.0155. The lowest BCUT2D eigenvalue weighted by Gasteiger charge is -2.20. The molecule has 5 nitrogen and oxygen atoms in total. The number of hydrogen-bond donors (Lipinski definition) is 2. The van der Waals surface area contributed by atoms with Gasteiger partial charge in [-0.25, -0.2) is 4.98 Å². The Kier molecular flexibility index (Phi) is 2.88. The van der Waals surface area contributed by atoms with Crippen LogP contribution < -0.4 is 5.32 Å². The maximum absolute atomic E-state index is 5.47. The third-order valence-electron chi connectivity index (χ3n) is 3.99. The van der Waals surface area contributed by atoms with E-state index in [1.807, 2.05) is 0 Å². The first-order valence-electron chi connectivity index (χ1n) is 6.49. The molecule has 5 heteroatoms. The number of piperidine rings is 1. The van der Waals surface area contributed by atoms with Crippen molar-refractivity contribution in [3.63, 3.8) is 0 Å². The zero-order valence-electron chi connectivity index (χ0n) is 10.3. The monoisotopic (exact) mass is 236 g/mol. The largest absolute Gasteiger partial charge is 0.380 e. The van der Waals surface area contributed by atoms with E-state index in [-0.39, 0.29) is 5.41 Å². The van der Waals surface area contributed by atoms with Gasteiger partial charge in [-0.1, -0.05) is 6.92 Å². The van der Waals surface area contributed by atoms with E-state index >= 15 is 0 Å². The molecular weight excluding hydrogens is 216 g/mol. The second-order valence-corrected chi connectivity index (χ2v) is 5.43. The molecular formula is C12H20N4O. The van der Waals surface area contributed by atoms with Crippen molar-refractivity contribution in [3.8, 4) is 0 Å². The first kappa shape index (κ1) is 11.2. The molecule has 0 aromatic carbocycles. The van der Waals surface area contributed by atoms with Gasteiger partial charge < -0.3 is 10.1 Å². The molecule has 0 bridgehead atoms. The fraction of sp³-hybridized carbons (Fsp3) is 0.833. The average Bonchev–Trinajstić information content (AvgIpc) is 2.99. The van der Waals surface area contributed by atoms with Crippen molar-refractivity contribution in [1.82, 2.24) is 20.5 Å². The summed E-state index contributed by atoms with van der Waals surface area (Å²) in [4.78, 5) is 4.71. The molecule has 1 unspecified atom stereocenters. The zero-order valence-corrected chi connectivity index (χ0v) is 10.3. The Morgan fingerprint density at radius 3 is 2.88 bits per heavy atom. The normalized spacial score (nSPS) is 30.9. The molecule has 1 atom stereocenters. The van der Waals surface area contributed by atoms with E-state index in [9.17, 15) is 0 Å². The van der Waals surface area contributed by atoms with E-state index in [2.05, 4.69) is 22.4 Å². The molecule has 0 aliphatic carbocycles. The van der Waals surface area contributed by atoms with Crippen molar-refractivity contribution in [3.05, 3.63) is 11.6 Å². The van der Waals surface area contributed by atoms with Crippen LogP contribution in [0.15, 0.2) is 0 Å². The molecule has 0 saturated carbocycles. The summed E-state index contributed by atoms with van der Waals surface area (Å²) in [6, 6.07) is 0. The van der Waals surface area contributed by atoms with Crippen molar-refractivity contribution >= 4 is 0 Å². The van der Waals surface area contributed by atoms with E-state index in [4.69, 9.17) is 9.72 Å². The summed E-state index contributed by atoms with van der Waals surface area (Å²) in [6.07, 6.45) is 3.33. The highest BCUT2D eigenvalue weighted by Crippen LogP contribution is 2.31. The molecule has 1 aromatic heterocycles. The van der Waals surface area contributed by atoms with Gasteiger partial charge in [0, 0.05) is 12.5 Å². The van der Waals surface area contributed by atoms with Gasteiger partial charge in [0.15, 0.2) is 5.82 Å². The number of hydrogen-bond acceptors (Lipinski definition) is 4. The molecule has 1 aromatic rings. The van der Waals surface area contributed by atoms with Crippen LogP contribution >= 0.6 is 0 Å². The molecule has 0 radical (unpaired) electrons. The molecule has 2 aliphatic heterocycles. The molecule has 2 fully saturated rings. The van der Waals surface area contributed by atoms with Gasteiger partial charge >= 0.3 is 0 Å². The predicted octanol–water partition coefficient (Wildman–Crippen LogP) is 0.950. The number of nitrogens with one attached hydrogen (secondary N) is 2. The second-order valence-electron chi connectivity index (χ2n) is 5.43. The molecule has 2 N–H and O–H groups in total. The first-order valence-corrected chi connectivity index (χ1v) is 6.49. The summed E-state index contributed by atoms with van der Waals surface area (Å²) < 4.78 is 5.47. The third-order valence-corrected chi connectivity index (χ3v) is 3.99. The Hall–Kier alpha value is -0.940. The van der Waals surface area contributed by atoms with E-state index in [1.54, 1.807) is 0 Å². The molecule has 3 rings (SSSR count). The average molecular weight is 236 g/mol. The zero-order chi connectivity index (χ0) is 11.7. The Balaban J connectivity index is 1.77. The van der Waals surface area contributed by atoms with Crippen LogP contribution in [0.3, 0.4) is 0 Å². The summed E-state index contributed by atoms with van der Waals surface area (Å²) in [7, 11) is 0. The lowest BCUT2D eigenvalue weighted by atomic mass is 9.89. The summed E-state index contributed by atoms with van der Waals surface area (Å²) in [5, 5.41) is 10.9. The van der Waals surface area contributed by atoms with Gasteiger partial charge in [-0.15, -0.1) is 0 Å². The van der Waals surface area contributed by atoms with Gasteiger partial charge in [0.25, 0.3) is 0 Å². The van der Waals surface area contributed by atoms with Crippen LogP contribution in [0.5, 0.6) is 0 Å². The van der Waals surface area contributed by atoms with Crippen LogP contribution in [0.25, 0.3) is 0 Å². The minimum absolute atomic E-state index is 0.0155. The van der Waals surface area contributed by atoms with Gasteiger partial charge in [0.1, 0.15) is 5.82 Å². The van der Waals surface area contributed by atoms with Crippen molar-refractivity contribution in [2.45, 2.75) is 37.5 Å². The van der Waals surface area contributed by atoms with E-state index in [1.165, 1.54) is 0 Å². The lowest BCUT2D eigenvalue weighted by molar-refractivity contribution is 0.179. The number of aromatic amines is 1. The number of aromatic nitrogens is 3. The molecule has 2 saturated heterocycles. The van der Waals surface area contributed by atoms with Crippen LogP contribution in [0, 0.1) is 0 Å². The van der Waals surface area contributed by atoms with Gasteiger partial charge in [-0.05, 0) is 32.4 Å². The minimum Gasteiger partial charge on any atom is -0.380 e. The van der Waals surface area contributed by atoms with Crippen molar-refractivity contribution in [2.75, 3.05) is 26.3 Å². The quantitative estimate of drug-likeness (QED) is 0.802. The van der Waals surface area contributed by atoms with Crippen LogP contribution in [0.2, 0.25) is 0 Å². The smallest absolute Gasteiger partial charge is 0.158 e. The molecule has 0 amide bonds. The van der Waals surface area contributed by atoms with E-state index in [0.717, 1.165) is 57.2 Å². The molecule has 0 spiro atoms. The number of rotatable bonds is 2. The fourth-order valence-electron chi connectivity index (χ4n) is 2.67. The van der Waals surface area contributed by atoms with Gasteiger partial charge in [0.05, 0.1) is 12.0 Å². The van der Waals surface area contributed by atoms with Crippen LogP contribution in [-0.4, -0.2) is 41.5 Å². The van der Waals surface area contributed by atoms with Crippen molar-refractivity contribution in [2.24, 2.45) is 0 Å². The summed E-state index contributed by atoms with van der Waals surface area (Å²) >= 11 is 0. The van der Waals surface area contributed by atoms with E-state index < -0.39 is 0 Å². The number of nitrogens with zero attached hydrogens (tertiary/aromatic N) is 2. The van der Waals surface area contributed by atoms with Gasteiger partial charge in [-0.3, -0.25) is 5.10 Å². The highest BCUT2D eigenvalue weighted by atomic mass is 16.5. The van der Waals surface area contributed by atoms with Gasteiger partial charge in [-0.2, -0.15) is 5.10 Å². The summed E-state index contributed by atoms with van der Waals surface area (Å²) in [6.45, 7) is 5.93. The first-order chi connectivity index (χ1) is 8.28. The number of H-pyrrole nitrogens is 1. The highest BCUT2D eigenvalue weighted by Gasteiger charge is 2.36. The van der Waals surface area contributed by atoms with Crippen LogP contribution in [0.4, 0.5) is 0 Å². The topological polar surface area (TPSA) is 62.8 Å². The maximum Gasteiger partial charge on any atom is 0.158 e. The molecule has 3 heterocycles. The lowest BCUT2D eigenvalue weighted by Crippen LogP contribution is -2.27. The standard InChI is InChI=1S/C12H20N4O/c1-12(4-7-17-8-12)11-14-10(15-16-11)9-2-5-13-6-3-9/h9,13H,2-8H2,1H3,(H,14,15,16). The summed E-state index contributed by atoms with van der Waals surface area (Å²) in [5.41, 5.74) is 0.0155. The molecule has 94 valence electrons. The Labute approximate surface area is 101 Å². The second kappa shape index (κ2) is 4.38. The van der Waals surface area contributed by atoms with Crippen LogP contribution in [0.1, 0.15) is 43.8 Å². The third kappa shape index (κ3) is 2.09. The number of ether oxygens (including phenoxy) is 1. The highest BCUT2D eigenvalue weighted by molar-refractivity contribution is 5.10. The Morgan fingerprint density at radius 2 is 2.18 bits per heavy atom. The molecule has 17 heavy (non-hydrogen) atoms. The SMILES string of the molecule is CC1(c2n[nH]c(C3CCNCC3)n2)CCOC1. The molecule has 2 aliphatic rings. The van der Waals surface area contributed by atoms with E-state index in [0.29, 0.717) is 5.92 Å². The Morgan fingerprint density at radius 1 is 1.35 bits per heavy atom. The van der Waals surface area contributed by atoms with Crippen molar-refractivity contribution < 1.29 is 4.74 Å². The Bertz CT molecular complexity index is 378. The van der Waals surface area contributed by atoms with Crippen molar-refractivity contribution in [1.29, 1.82) is 0 Å².